The molecule has 0 radical (unpaired) electrons. The Morgan fingerprint density at radius 1 is 1.45 bits per heavy atom. The van der Waals surface area contributed by atoms with Crippen molar-refractivity contribution in [2.24, 2.45) is 5.73 Å². The maximum absolute atomic E-state index is 8.99. The van der Waals surface area contributed by atoms with Crippen LogP contribution in [0.2, 0.25) is 0 Å². The standard InChI is InChI=1S/C7H8INO.ClH/c8-7-3-6(10)2-1-5(7)4-9;/h1-3,10H,4,9H2;1H. The molecule has 0 saturated heterocycles. The lowest BCUT2D eigenvalue weighted by Gasteiger charge is -1.99. The molecule has 0 aliphatic carbocycles. The molecule has 0 bridgehead atoms. The first-order valence-electron chi connectivity index (χ1n) is 2.91. The molecule has 0 atom stereocenters. The van der Waals surface area contributed by atoms with E-state index < -0.39 is 0 Å². The van der Waals surface area contributed by atoms with E-state index in [1.54, 1.807) is 12.1 Å². The summed E-state index contributed by atoms with van der Waals surface area (Å²) in [6, 6.07) is 5.17. The summed E-state index contributed by atoms with van der Waals surface area (Å²) in [6.45, 7) is 0.526. The van der Waals surface area contributed by atoms with E-state index in [9.17, 15) is 0 Å². The van der Waals surface area contributed by atoms with Gasteiger partial charge in [-0.2, -0.15) is 0 Å². The maximum Gasteiger partial charge on any atom is 0.116 e. The first kappa shape index (κ1) is 11.0. The molecule has 4 heteroatoms. The zero-order chi connectivity index (χ0) is 7.56. The zero-order valence-electron chi connectivity index (χ0n) is 5.75. The fourth-order valence-electron chi connectivity index (χ4n) is 0.702. The number of aromatic hydroxyl groups is 1. The van der Waals surface area contributed by atoms with Crippen LogP contribution in [0.4, 0.5) is 0 Å². The smallest absolute Gasteiger partial charge is 0.116 e. The van der Waals surface area contributed by atoms with Crippen LogP contribution in [0.25, 0.3) is 0 Å². The van der Waals surface area contributed by atoms with Crippen LogP contribution in [0.15, 0.2) is 18.2 Å². The van der Waals surface area contributed by atoms with Crippen molar-refractivity contribution in [3.05, 3.63) is 27.3 Å². The number of phenolic OH excluding ortho intramolecular Hbond substituents is 1. The lowest BCUT2D eigenvalue weighted by Crippen LogP contribution is -1.97. The van der Waals surface area contributed by atoms with E-state index in [2.05, 4.69) is 22.6 Å². The van der Waals surface area contributed by atoms with Gasteiger partial charge in [0.2, 0.25) is 0 Å². The SMILES string of the molecule is Cl.NCc1ccc(O)cc1I. The number of phenols is 1. The minimum absolute atomic E-state index is 0. The van der Waals surface area contributed by atoms with Crippen LogP contribution in [-0.4, -0.2) is 5.11 Å². The highest BCUT2D eigenvalue weighted by Crippen LogP contribution is 2.17. The van der Waals surface area contributed by atoms with Gasteiger partial charge in [0.05, 0.1) is 0 Å². The molecule has 0 aromatic heterocycles. The van der Waals surface area contributed by atoms with Crippen molar-refractivity contribution < 1.29 is 5.11 Å². The topological polar surface area (TPSA) is 46.2 Å². The third-order valence-electron chi connectivity index (χ3n) is 1.26. The number of hydrogen-bond donors (Lipinski definition) is 2. The molecule has 11 heavy (non-hydrogen) atoms. The molecule has 2 nitrogen and oxygen atoms in total. The molecule has 0 fully saturated rings. The fourth-order valence-corrected chi connectivity index (χ4v) is 1.42. The van der Waals surface area contributed by atoms with Gasteiger partial charge >= 0.3 is 0 Å². The molecule has 0 saturated carbocycles. The van der Waals surface area contributed by atoms with Gasteiger partial charge in [-0.1, -0.05) is 6.07 Å². The summed E-state index contributed by atoms with van der Waals surface area (Å²) in [6.07, 6.45) is 0. The molecule has 1 aromatic carbocycles. The fraction of sp³-hybridized carbons (Fsp3) is 0.143. The number of hydrogen-bond acceptors (Lipinski definition) is 2. The van der Waals surface area contributed by atoms with Gasteiger partial charge in [0.25, 0.3) is 0 Å². The largest absolute Gasteiger partial charge is 0.508 e. The van der Waals surface area contributed by atoms with Crippen molar-refractivity contribution in [3.8, 4) is 5.75 Å². The van der Waals surface area contributed by atoms with Crippen molar-refractivity contribution in [2.75, 3.05) is 0 Å². The van der Waals surface area contributed by atoms with Gasteiger partial charge in [0, 0.05) is 10.1 Å². The Morgan fingerprint density at radius 2 is 2.09 bits per heavy atom. The van der Waals surface area contributed by atoms with Crippen molar-refractivity contribution in [1.82, 2.24) is 0 Å². The van der Waals surface area contributed by atoms with Gasteiger partial charge < -0.3 is 10.8 Å². The summed E-state index contributed by atoms with van der Waals surface area (Å²) >= 11 is 2.15. The first-order valence-corrected chi connectivity index (χ1v) is 3.99. The van der Waals surface area contributed by atoms with Crippen LogP contribution >= 0.6 is 35.0 Å². The Balaban J connectivity index is 0.000001000. The molecule has 0 unspecified atom stereocenters. The highest BCUT2D eigenvalue weighted by atomic mass is 127. The van der Waals surface area contributed by atoms with Crippen molar-refractivity contribution >= 4 is 35.0 Å². The molecule has 1 aromatic rings. The predicted molar refractivity (Wildman–Crippen MR) is 56.0 cm³/mol. The van der Waals surface area contributed by atoms with Crippen LogP contribution < -0.4 is 5.73 Å². The molecular weight excluding hydrogens is 276 g/mol. The van der Waals surface area contributed by atoms with E-state index in [0.717, 1.165) is 9.13 Å². The Bertz CT molecular complexity index is 242. The Kier molecular flexibility index (Phi) is 4.79. The summed E-state index contributed by atoms with van der Waals surface area (Å²) in [4.78, 5) is 0. The van der Waals surface area contributed by atoms with Gasteiger partial charge in [-0.3, -0.25) is 0 Å². The summed E-state index contributed by atoms with van der Waals surface area (Å²) in [7, 11) is 0. The third kappa shape index (κ3) is 2.84. The van der Waals surface area contributed by atoms with Crippen LogP contribution in [-0.2, 0) is 6.54 Å². The summed E-state index contributed by atoms with van der Waals surface area (Å²) in [5, 5.41) is 8.99. The lowest BCUT2D eigenvalue weighted by molar-refractivity contribution is 0.474. The molecule has 0 aliphatic rings. The van der Waals surface area contributed by atoms with Crippen LogP contribution in [0.1, 0.15) is 5.56 Å². The molecular formula is C7H9ClINO. The second-order valence-corrected chi connectivity index (χ2v) is 3.14. The summed E-state index contributed by atoms with van der Waals surface area (Å²) < 4.78 is 1.01. The van der Waals surface area contributed by atoms with E-state index in [4.69, 9.17) is 10.8 Å². The molecule has 0 amide bonds. The Hall–Kier alpha value is -0.000000000000000111. The molecule has 3 N–H and O–H groups in total. The van der Waals surface area contributed by atoms with Gasteiger partial charge in [0.1, 0.15) is 5.75 Å². The molecule has 0 heterocycles. The van der Waals surface area contributed by atoms with Gasteiger partial charge in [-0.25, -0.2) is 0 Å². The van der Waals surface area contributed by atoms with Gasteiger partial charge in [-0.05, 0) is 40.3 Å². The second-order valence-electron chi connectivity index (χ2n) is 1.98. The number of nitrogens with two attached hydrogens (primary N) is 1. The minimum atomic E-state index is 0. The first-order chi connectivity index (χ1) is 4.74. The zero-order valence-corrected chi connectivity index (χ0v) is 8.72. The molecule has 0 aliphatic heterocycles. The second kappa shape index (κ2) is 4.79. The van der Waals surface area contributed by atoms with Gasteiger partial charge in [0.15, 0.2) is 0 Å². The number of benzene rings is 1. The average molecular weight is 286 g/mol. The Labute approximate surface area is 85.3 Å². The average Bonchev–Trinajstić information content (AvgIpc) is 1.88. The highest BCUT2D eigenvalue weighted by molar-refractivity contribution is 14.1. The van der Waals surface area contributed by atoms with E-state index in [0.29, 0.717) is 12.3 Å². The number of rotatable bonds is 1. The van der Waals surface area contributed by atoms with Gasteiger partial charge in [-0.15, -0.1) is 12.4 Å². The highest BCUT2D eigenvalue weighted by Gasteiger charge is 1.96. The molecule has 1 rings (SSSR count). The van der Waals surface area contributed by atoms with Crippen molar-refractivity contribution in [3.63, 3.8) is 0 Å². The van der Waals surface area contributed by atoms with Crippen molar-refractivity contribution in [1.29, 1.82) is 0 Å². The third-order valence-corrected chi connectivity index (χ3v) is 2.26. The van der Waals surface area contributed by atoms with E-state index in [1.165, 1.54) is 0 Å². The quantitative estimate of drug-likeness (QED) is 0.774. The van der Waals surface area contributed by atoms with Crippen LogP contribution in [0, 0.1) is 3.57 Å². The lowest BCUT2D eigenvalue weighted by atomic mass is 10.2. The van der Waals surface area contributed by atoms with E-state index >= 15 is 0 Å². The number of halogens is 2. The Morgan fingerprint density at radius 3 is 2.55 bits per heavy atom. The van der Waals surface area contributed by atoms with E-state index in [1.807, 2.05) is 6.07 Å². The summed E-state index contributed by atoms with van der Waals surface area (Å²) in [5.74, 6) is 0.293. The minimum Gasteiger partial charge on any atom is -0.508 e. The van der Waals surface area contributed by atoms with Crippen LogP contribution in [0.3, 0.4) is 0 Å². The van der Waals surface area contributed by atoms with E-state index in [-0.39, 0.29) is 12.4 Å². The predicted octanol–water partition coefficient (Wildman–Crippen LogP) is 1.88. The monoisotopic (exact) mass is 285 g/mol. The normalized spacial score (nSPS) is 8.91. The maximum atomic E-state index is 8.99. The summed E-state index contributed by atoms with van der Waals surface area (Å²) in [5.41, 5.74) is 6.48. The molecule has 0 spiro atoms. The van der Waals surface area contributed by atoms with Crippen molar-refractivity contribution in [2.45, 2.75) is 6.54 Å². The molecule has 62 valence electrons. The van der Waals surface area contributed by atoms with Crippen LogP contribution in [0.5, 0.6) is 5.75 Å².